The maximum atomic E-state index is 12.2. The number of fused-ring (bicyclic) bond motifs is 5. The Morgan fingerprint density at radius 1 is 1.21 bits per heavy atom. The van der Waals surface area contributed by atoms with Gasteiger partial charge in [0.1, 0.15) is 5.78 Å². The Morgan fingerprint density at radius 2 is 1.96 bits per heavy atom. The van der Waals surface area contributed by atoms with Crippen LogP contribution in [0.1, 0.15) is 65.7 Å². The topological polar surface area (TPSA) is 57.5 Å². The van der Waals surface area contributed by atoms with Gasteiger partial charge in [-0.3, -0.25) is 4.79 Å². The van der Waals surface area contributed by atoms with Crippen LogP contribution in [0.15, 0.2) is 11.6 Å². The summed E-state index contributed by atoms with van der Waals surface area (Å²) in [5.74, 6) is 1.79. The van der Waals surface area contributed by atoms with Gasteiger partial charge in [0.05, 0.1) is 12.2 Å². The molecule has 0 aromatic rings. The first-order valence-electron chi connectivity index (χ1n) is 9.83. The highest BCUT2D eigenvalue weighted by Gasteiger charge is 2.62. The van der Waals surface area contributed by atoms with Gasteiger partial charge in [0.25, 0.3) is 0 Å². The number of hydrogen-bond acceptors (Lipinski definition) is 3. The van der Waals surface area contributed by atoms with Crippen LogP contribution < -0.4 is 0 Å². The second-order valence-corrected chi connectivity index (χ2v) is 9.59. The fraction of sp³-hybridized carbons (Fsp3) is 0.857. The normalized spacial score (nSPS) is 53.6. The number of carbonyl (C=O) groups is 1. The minimum absolute atomic E-state index is 0.0255. The van der Waals surface area contributed by atoms with Gasteiger partial charge in [-0.25, -0.2) is 0 Å². The summed E-state index contributed by atoms with van der Waals surface area (Å²) >= 11 is 0. The second kappa shape index (κ2) is 5.41. The molecule has 2 N–H and O–H groups in total. The smallest absolute Gasteiger partial charge is 0.133 e. The molecule has 0 radical (unpaired) electrons. The molecule has 0 heterocycles. The van der Waals surface area contributed by atoms with Crippen molar-refractivity contribution in [3.05, 3.63) is 11.6 Å². The van der Waals surface area contributed by atoms with Crippen LogP contribution in [-0.2, 0) is 4.79 Å². The molecule has 4 rings (SSSR count). The van der Waals surface area contributed by atoms with Gasteiger partial charge in [0, 0.05) is 5.92 Å². The highest BCUT2D eigenvalue weighted by Crippen LogP contribution is 2.66. The van der Waals surface area contributed by atoms with Gasteiger partial charge in [0.2, 0.25) is 0 Å². The average molecular weight is 332 g/mol. The predicted molar refractivity (Wildman–Crippen MR) is 93.3 cm³/mol. The van der Waals surface area contributed by atoms with Gasteiger partial charge < -0.3 is 10.2 Å². The number of aliphatic hydroxyl groups is 2. The van der Waals surface area contributed by atoms with E-state index < -0.39 is 0 Å². The maximum Gasteiger partial charge on any atom is 0.133 e. The average Bonchev–Trinajstić information content (AvgIpc) is 2.84. The summed E-state index contributed by atoms with van der Waals surface area (Å²) in [4.78, 5) is 12.2. The summed E-state index contributed by atoms with van der Waals surface area (Å²) in [6, 6.07) is 0. The molecule has 4 aliphatic carbocycles. The molecular formula is C21H32O3. The van der Waals surface area contributed by atoms with Crippen LogP contribution in [0.5, 0.6) is 0 Å². The summed E-state index contributed by atoms with van der Waals surface area (Å²) in [6.07, 6.45) is 8.39. The van der Waals surface area contributed by atoms with E-state index in [-0.39, 0.29) is 29.0 Å². The fourth-order valence-electron chi connectivity index (χ4n) is 7.44. The molecule has 3 fully saturated rings. The van der Waals surface area contributed by atoms with Crippen molar-refractivity contribution in [3.8, 4) is 0 Å². The highest BCUT2D eigenvalue weighted by molar-refractivity contribution is 5.79. The molecule has 3 saturated carbocycles. The lowest BCUT2D eigenvalue weighted by Gasteiger charge is -2.59. The summed E-state index contributed by atoms with van der Waals surface area (Å²) in [7, 11) is 0. The van der Waals surface area contributed by atoms with Crippen LogP contribution in [-0.4, -0.2) is 28.2 Å². The van der Waals surface area contributed by atoms with E-state index in [1.54, 1.807) is 6.92 Å². The zero-order chi connectivity index (χ0) is 17.3. The fourth-order valence-corrected chi connectivity index (χ4v) is 7.44. The minimum atomic E-state index is -0.319. The molecule has 8 atom stereocenters. The number of hydrogen-bond donors (Lipinski definition) is 2. The summed E-state index contributed by atoms with van der Waals surface area (Å²) in [5.41, 5.74) is 1.39. The van der Waals surface area contributed by atoms with Crippen LogP contribution in [0.2, 0.25) is 0 Å². The molecule has 0 amide bonds. The van der Waals surface area contributed by atoms with E-state index in [0.717, 1.165) is 44.9 Å². The van der Waals surface area contributed by atoms with E-state index in [1.165, 1.54) is 5.57 Å². The van der Waals surface area contributed by atoms with Crippen molar-refractivity contribution >= 4 is 5.78 Å². The number of rotatable bonds is 1. The zero-order valence-corrected chi connectivity index (χ0v) is 15.3. The second-order valence-electron chi connectivity index (χ2n) is 9.59. The predicted octanol–water partition coefficient (Wildman–Crippen LogP) is 3.49. The van der Waals surface area contributed by atoms with Gasteiger partial charge in [-0.2, -0.15) is 0 Å². The third kappa shape index (κ3) is 2.13. The molecule has 134 valence electrons. The highest BCUT2D eigenvalue weighted by atomic mass is 16.3. The first-order chi connectivity index (χ1) is 11.3. The molecule has 0 aromatic carbocycles. The van der Waals surface area contributed by atoms with Gasteiger partial charge in [-0.1, -0.05) is 25.5 Å². The van der Waals surface area contributed by atoms with E-state index in [1.807, 2.05) is 0 Å². The van der Waals surface area contributed by atoms with Crippen molar-refractivity contribution in [2.45, 2.75) is 77.9 Å². The summed E-state index contributed by atoms with van der Waals surface area (Å²) in [6.45, 7) is 6.33. The van der Waals surface area contributed by atoms with Crippen molar-refractivity contribution < 1.29 is 15.0 Å². The number of Topliss-reactive ketones (excluding diaryl/α,β-unsaturated/α-hetero) is 1. The molecule has 3 heteroatoms. The van der Waals surface area contributed by atoms with Crippen molar-refractivity contribution in [1.29, 1.82) is 0 Å². The minimum Gasteiger partial charge on any atom is -0.393 e. The molecule has 3 nitrogen and oxygen atoms in total. The molecular weight excluding hydrogens is 300 g/mol. The molecule has 3 unspecified atom stereocenters. The van der Waals surface area contributed by atoms with Gasteiger partial charge in [0.15, 0.2) is 0 Å². The Hall–Kier alpha value is -0.670. The lowest BCUT2D eigenvalue weighted by Crippen LogP contribution is -2.56. The maximum absolute atomic E-state index is 12.2. The van der Waals surface area contributed by atoms with Crippen LogP contribution >= 0.6 is 0 Å². The third-order valence-corrected chi connectivity index (χ3v) is 8.50. The molecule has 24 heavy (non-hydrogen) atoms. The number of carbonyl (C=O) groups excluding carboxylic acids is 1. The van der Waals surface area contributed by atoms with Crippen LogP contribution in [0.25, 0.3) is 0 Å². The van der Waals surface area contributed by atoms with Gasteiger partial charge >= 0.3 is 0 Å². The Bertz CT molecular complexity index is 582. The number of allylic oxidation sites excluding steroid dienone is 1. The van der Waals surface area contributed by atoms with Crippen molar-refractivity contribution in [2.24, 2.45) is 34.5 Å². The van der Waals surface area contributed by atoms with Crippen LogP contribution in [0, 0.1) is 34.5 Å². The van der Waals surface area contributed by atoms with Crippen molar-refractivity contribution in [2.75, 3.05) is 0 Å². The first-order valence-corrected chi connectivity index (χ1v) is 9.83. The zero-order valence-electron chi connectivity index (χ0n) is 15.3. The van der Waals surface area contributed by atoms with E-state index in [4.69, 9.17) is 0 Å². The molecule has 0 saturated heterocycles. The lowest BCUT2D eigenvalue weighted by molar-refractivity contribution is -0.140. The molecule has 0 aliphatic heterocycles. The van der Waals surface area contributed by atoms with Gasteiger partial charge in [-0.05, 0) is 80.5 Å². The summed E-state index contributed by atoms with van der Waals surface area (Å²) < 4.78 is 0. The lowest BCUT2D eigenvalue weighted by atomic mass is 9.46. The largest absolute Gasteiger partial charge is 0.393 e. The molecule has 0 bridgehead atoms. The molecule has 4 aliphatic rings. The van der Waals surface area contributed by atoms with Crippen molar-refractivity contribution in [3.63, 3.8) is 0 Å². The summed E-state index contributed by atoms with van der Waals surface area (Å²) in [5, 5.41) is 21.3. The molecule has 0 spiro atoms. The Labute approximate surface area is 145 Å². The Morgan fingerprint density at radius 3 is 2.67 bits per heavy atom. The first kappa shape index (κ1) is 16.8. The van der Waals surface area contributed by atoms with E-state index >= 15 is 0 Å². The van der Waals surface area contributed by atoms with E-state index in [0.29, 0.717) is 23.5 Å². The third-order valence-electron chi connectivity index (χ3n) is 8.50. The van der Waals surface area contributed by atoms with E-state index in [9.17, 15) is 15.0 Å². The van der Waals surface area contributed by atoms with Crippen LogP contribution in [0.3, 0.4) is 0 Å². The standard InChI is InChI=1S/C21H32O3/c1-12(22)16-6-7-17-15-5-4-13-10-14(23)8-9-20(13,2)19(15)18(24)11-21(16,17)3/h4,14-19,23-24H,5-11H2,1-3H3/t14-,15?,16-,17?,18-,19?,20-,21+/m0/s1. The van der Waals surface area contributed by atoms with Crippen LogP contribution in [0.4, 0.5) is 0 Å². The van der Waals surface area contributed by atoms with E-state index in [2.05, 4.69) is 19.9 Å². The molecule has 0 aromatic heterocycles. The quantitative estimate of drug-likeness (QED) is 0.723. The Balaban J connectivity index is 1.71. The van der Waals surface area contributed by atoms with Crippen molar-refractivity contribution in [1.82, 2.24) is 0 Å². The monoisotopic (exact) mass is 332 g/mol. The van der Waals surface area contributed by atoms with Gasteiger partial charge in [-0.15, -0.1) is 0 Å². The number of aliphatic hydroxyl groups excluding tert-OH is 2. The Kier molecular flexibility index (Phi) is 3.78. The number of ketones is 1. The SMILES string of the molecule is CC(=O)[C@@H]1CCC2C3CC=C4C[C@@H](O)CC[C@]4(C)C3[C@@H](O)C[C@@]21C.